The smallest absolute Gasteiger partial charge is 0.306 e. The molecule has 0 aliphatic heterocycles. The van der Waals surface area contributed by atoms with Gasteiger partial charge in [0.1, 0.15) is 6.10 Å². The summed E-state index contributed by atoms with van der Waals surface area (Å²) in [6.45, 7) is 17.5. The van der Waals surface area contributed by atoms with Gasteiger partial charge in [-0.1, -0.05) is 123 Å². The molecule has 0 saturated heterocycles. The van der Waals surface area contributed by atoms with Crippen molar-refractivity contribution >= 4 is 5.97 Å². The molecule has 51 heavy (non-hydrogen) atoms. The highest BCUT2D eigenvalue weighted by Gasteiger charge is 2.60. The van der Waals surface area contributed by atoms with Gasteiger partial charge in [0.05, 0.1) is 0 Å². The molecule has 0 spiro atoms. The molecule has 0 aromatic rings. The van der Waals surface area contributed by atoms with E-state index >= 15 is 0 Å². The van der Waals surface area contributed by atoms with Crippen LogP contribution in [0.25, 0.3) is 0 Å². The first-order valence-corrected chi connectivity index (χ1v) is 22.4. The predicted molar refractivity (Wildman–Crippen MR) is 221 cm³/mol. The number of unbranched alkanes of at least 4 members (excludes halogenated alkanes) is 4. The molecule has 4 saturated carbocycles. The van der Waals surface area contributed by atoms with Crippen molar-refractivity contribution in [1.29, 1.82) is 0 Å². The molecule has 0 radical (unpaired) electrons. The van der Waals surface area contributed by atoms with Crippen LogP contribution < -0.4 is 0 Å². The number of esters is 1. The van der Waals surface area contributed by atoms with Crippen LogP contribution >= 0.6 is 0 Å². The van der Waals surface area contributed by atoms with E-state index in [2.05, 4.69) is 97.1 Å². The van der Waals surface area contributed by atoms with E-state index in [0.717, 1.165) is 92.3 Å². The van der Waals surface area contributed by atoms with Gasteiger partial charge in [-0.3, -0.25) is 4.79 Å². The molecule has 0 aromatic heterocycles. The zero-order valence-corrected chi connectivity index (χ0v) is 34.7. The Morgan fingerprint density at radius 3 is 1.98 bits per heavy atom. The van der Waals surface area contributed by atoms with Gasteiger partial charge in [0.25, 0.3) is 0 Å². The topological polar surface area (TPSA) is 26.3 Å². The third kappa shape index (κ3) is 11.7. The van der Waals surface area contributed by atoms with E-state index in [-0.39, 0.29) is 12.1 Å². The fraction of sp³-hybridized carbons (Fsp3) is 0.816. The fourth-order valence-electron chi connectivity index (χ4n) is 12.2. The summed E-state index contributed by atoms with van der Waals surface area (Å²) < 4.78 is 6.15. The second-order valence-electron chi connectivity index (χ2n) is 18.7. The first-order valence-electron chi connectivity index (χ1n) is 22.4. The van der Waals surface area contributed by atoms with Crippen molar-refractivity contribution in [3.05, 3.63) is 48.6 Å². The zero-order chi connectivity index (χ0) is 36.7. The van der Waals surface area contributed by atoms with E-state index < -0.39 is 0 Å². The van der Waals surface area contributed by atoms with E-state index in [4.69, 9.17) is 4.74 Å². The second kappa shape index (κ2) is 21.4. The maximum atomic E-state index is 12.9. The van der Waals surface area contributed by atoms with E-state index in [0.29, 0.717) is 17.3 Å². The SMILES string of the molecule is CCCCCC=CCC=CCC=CCC=CCCCC(=O)OC1CC[C@@]2(C)C(CC[C@H]3[C@@H]4CC[C@H]([C@H](C)CC[C@@H](CC)C(C)C)[C@@]4(C)CC[C@@H]32)C1. The highest BCUT2D eigenvalue weighted by molar-refractivity contribution is 5.69. The monoisotopic (exact) mass is 703 g/mol. The molecule has 2 unspecified atom stereocenters. The summed E-state index contributed by atoms with van der Waals surface area (Å²) in [5.74, 6) is 7.03. The van der Waals surface area contributed by atoms with E-state index in [1.807, 2.05) is 0 Å². The standard InChI is InChI=1S/C49H82O2/c1-8-10-11-12-13-14-15-16-17-18-19-20-21-22-23-24-25-26-47(50)51-42-33-35-48(6)41(37-42)29-30-43-45-32-31-44(49(45,7)36-34-46(43)48)39(5)27-28-40(9-2)38(3)4/h13-14,16-17,19-20,22-23,38-46H,8-12,15,18,21,24-37H2,1-7H3/t39-,40-,41?,42?,43+,44-,45+,46+,48+,49-/m1/s1. The quantitative estimate of drug-likeness (QED) is 0.0676. The van der Waals surface area contributed by atoms with Crippen molar-refractivity contribution in [3.8, 4) is 0 Å². The van der Waals surface area contributed by atoms with Gasteiger partial charge in [0, 0.05) is 6.42 Å². The molecule has 0 amide bonds. The molecule has 0 bridgehead atoms. The second-order valence-corrected chi connectivity index (χ2v) is 18.7. The minimum Gasteiger partial charge on any atom is -0.462 e. The van der Waals surface area contributed by atoms with Gasteiger partial charge in [-0.2, -0.15) is 0 Å². The molecular weight excluding hydrogens is 621 g/mol. The van der Waals surface area contributed by atoms with Crippen LogP contribution in [0.5, 0.6) is 0 Å². The van der Waals surface area contributed by atoms with Crippen molar-refractivity contribution in [2.75, 3.05) is 0 Å². The Balaban J connectivity index is 1.12. The van der Waals surface area contributed by atoms with Gasteiger partial charge in [0.2, 0.25) is 0 Å². The van der Waals surface area contributed by atoms with Crippen LogP contribution in [-0.2, 0) is 9.53 Å². The van der Waals surface area contributed by atoms with Crippen LogP contribution in [0, 0.1) is 58.2 Å². The summed E-state index contributed by atoms with van der Waals surface area (Å²) in [7, 11) is 0. The highest BCUT2D eigenvalue weighted by atomic mass is 16.5. The summed E-state index contributed by atoms with van der Waals surface area (Å²) in [6.07, 6.45) is 45.1. The Morgan fingerprint density at radius 2 is 1.33 bits per heavy atom. The molecular formula is C49H82O2. The number of hydrogen-bond acceptors (Lipinski definition) is 2. The third-order valence-electron chi connectivity index (χ3n) is 15.3. The molecule has 2 heteroatoms. The number of hydrogen-bond donors (Lipinski definition) is 0. The highest BCUT2D eigenvalue weighted by Crippen LogP contribution is 2.68. The summed E-state index contributed by atoms with van der Waals surface area (Å²) in [4.78, 5) is 12.9. The van der Waals surface area contributed by atoms with Crippen molar-refractivity contribution in [1.82, 2.24) is 0 Å². The van der Waals surface area contributed by atoms with Gasteiger partial charge in [-0.05, 0) is 167 Å². The predicted octanol–water partition coefficient (Wildman–Crippen LogP) is 14.8. The molecule has 2 nitrogen and oxygen atoms in total. The van der Waals surface area contributed by atoms with Crippen LogP contribution in [0.3, 0.4) is 0 Å². The zero-order valence-electron chi connectivity index (χ0n) is 34.7. The minimum atomic E-state index is 0.0337. The van der Waals surface area contributed by atoms with Crippen molar-refractivity contribution in [3.63, 3.8) is 0 Å². The van der Waals surface area contributed by atoms with E-state index in [1.54, 1.807) is 0 Å². The molecule has 290 valence electrons. The maximum absolute atomic E-state index is 12.9. The number of fused-ring (bicyclic) bond motifs is 5. The minimum absolute atomic E-state index is 0.0337. The lowest BCUT2D eigenvalue weighted by molar-refractivity contribution is -0.162. The Labute approximate surface area is 317 Å². The number of carbonyl (C=O) groups excluding carboxylic acids is 1. The molecule has 10 atom stereocenters. The van der Waals surface area contributed by atoms with E-state index in [9.17, 15) is 4.79 Å². The van der Waals surface area contributed by atoms with Gasteiger partial charge in [-0.25, -0.2) is 0 Å². The molecule has 4 aliphatic rings. The number of allylic oxidation sites excluding steroid dienone is 8. The number of rotatable bonds is 21. The molecule has 0 aromatic carbocycles. The first kappa shape index (κ1) is 42.2. The number of ether oxygens (including phenoxy) is 1. The fourth-order valence-corrected chi connectivity index (χ4v) is 12.2. The average Bonchev–Trinajstić information content (AvgIpc) is 3.47. The lowest BCUT2D eigenvalue weighted by Crippen LogP contribution is -2.54. The Morgan fingerprint density at radius 1 is 0.706 bits per heavy atom. The van der Waals surface area contributed by atoms with Gasteiger partial charge in [0.15, 0.2) is 0 Å². The largest absolute Gasteiger partial charge is 0.462 e. The molecule has 0 heterocycles. The molecule has 4 fully saturated rings. The Hall–Kier alpha value is -1.57. The van der Waals surface area contributed by atoms with Crippen molar-refractivity contribution < 1.29 is 9.53 Å². The third-order valence-corrected chi connectivity index (χ3v) is 15.3. The van der Waals surface area contributed by atoms with Crippen LogP contribution in [0.1, 0.15) is 190 Å². The van der Waals surface area contributed by atoms with Crippen LogP contribution in [0.15, 0.2) is 48.6 Å². The lowest BCUT2D eigenvalue weighted by atomic mass is 9.44. The van der Waals surface area contributed by atoms with Gasteiger partial charge in [-0.15, -0.1) is 0 Å². The van der Waals surface area contributed by atoms with Crippen LogP contribution in [0.2, 0.25) is 0 Å². The summed E-state index contributed by atoms with van der Waals surface area (Å²) >= 11 is 0. The molecule has 4 aliphatic carbocycles. The maximum Gasteiger partial charge on any atom is 0.306 e. The van der Waals surface area contributed by atoms with Gasteiger partial charge < -0.3 is 4.74 Å². The normalized spacial score (nSPS) is 33.6. The average molecular weight is 703 g/mol. The molecule has 0 N–H and O–H groups in total. The van der Waals surface area contributed by atoms with Crippen LogP contribution in [-0.4, -0.2) is 12.1 Å². The summed E-state index contributed by atoms with van der Waals surface area (Å²) in [5.41, 5.74) is 1.01. The van der Waals surface area contributed by atoms with Crippen molar-refractivity contribution in [2.45, 2.75) is 196 Å². The Kier molecular flexibility index (Phi) is 17.7. The number of carbonyl (C=O) groups is 1. The van der Waals surface area contributed by atoms with E-state index in [1.165, 1.54) is 89.9 Å². The van der Waals surface area contributed by atoms with Gasteiger partial charge >= 0.3 is 5.97 Å². The summed E-state index contributed by atoms with van der Waals surface area (Å²) in [5, 5.41) is 0. The van der Waals surface area contributed by atoms with Crippen molar-refractivity contribution in [2.24, 2.45) is 58.2 Å². The first-order chi connectivity index (χ1) is 24.6. The lowest BCUT2D eigenvalue weighted by Gasteiger charge is -2.61. The molecule has 4 rings (SSSR count). The van der Waals surface area contributed by atoms with Crippen LogP contribution in [0.4, 0.5) is 0 Å². The Bertz CT molecular complexity index is 1130. The summed E-state index contributed by atoms with van der Waals surface area (Å²) in [6, 6.07) is 0.